The lowest BCUT2D eigenvalue weighted by atomic mass is 10.1. The largest absolute Gasteiger partial charge is 0.487 e. The molecule has 1 N–H and O–H groups in total. The number of nitro groups is 1. The maximum atomic E-state index is 11.4. The van der Waals surface area contributed by atoms with Gasteiger partial charge in [0.15, 0.2) is 17.5 Å². The molecule has 44 heavy (non-hydrogen) atoms. The van der Waals surface area contributed by atoms with Crippen LogP contribution >= 0.6 is 34.8 Å². The Hall–Kier alpha value is -3.99. The summed E-state index contributed by atoms with van der Waals surface area (Å²) in [5.74, 6) is 1.63. The van der Waals surface area contributed by atoms with Crippen molar-refractivity contribution in [2.24, 2.45) is 4.99 Å². The van der Waals surface area contributed by atoms with Crippen LogP contribution in [0.1, 0.15) is 18.2 Å². The van der Waals surface area contributed by atoms with E-state index >= 15 is 0 Å². The van der Waals surface area contributed by atoms with Crippen LogP contribution < -0.4 is 15.0 Å². The van der Waals surface area contributed by atoms with Gasteiger partial charge >= 0.3 is 5.69 Å². The van der Waals surface area contributed by atoms with E-state index in [4.69, 9.17) is 49.1 Å². The number of nitrogens with one attached hydrogen (secondary N) is 1. The maximum Gasteiger partial charge on any atom is 0.311 e. The predicted octanol–water partition coefficient (Wildman–Crippen LogP) is 7.12. The van der Waals surface area contributed by atoms with Crippen LogP contribution in [0.3, 0.4) is 0 Å². The van der Waals surface area contributed by atoms with E-state index < -0.39 is 4.92 Å². The van der Waals surface area contributed by atoms with Gasteiger partial charge in [-0.3, -0.25) is 10.1 Å². The summed E-state index contributed by atoms with van der Waals surface area (Å²) in [4.78, 5) is 20.2. The van der Waals surface area contributed by atoms with Crippen molar-refractivity contribution >= 4 is 52.1 Å². The van der Waals surface area contributed by atoms with Gasteiger partial charge in [-0.15, -0.1) is 0 Å². The molecule has 0 aliphatic carbocycles. The first-order valence-corrected chi connectivity index (χ1v) is 15.3. The zero-order chi connectivity index (χ0) is 31.1. The fraction of sp³-hybridized carbons (Fsp3) is 0.290. The van der Waals surface area contributed by atoms with Gasteiger partial charge in [-0.25, -0.2) is 4.99 Å². The lowest BCUT2D eigenvalue weighted by molar-refractivity contribution is -0.385. The molecule has 3 aromatic carbocycles. The van der Waals surface area contributed by atoms with Crippen LogP contribution in [0.4, 0.5) is 11.4 Å². The number of rotatable bonds is 10. The van der Waals surface area contributed by atoms with Crippen molar-refractivity contribution in [3.05, 3.63) is 103 Å². The summed E-state index contributed by atoms with van der Waals surface area (Å²) in [5, 5.41) is 21.0. The first-order chi connectivity index (χ1) is 21.3. The van der Waals surface area contributed by atoms with Crippen LogP contribution in [0, 0.1) is 10.1 Å². The molecule has 1 aliphatic rings. The van der Waals surface area contributed by atoms with E-state index in [0.717, 1.165) is 22.8 Å². The zero-order valence-corrected chi connectivity index (χ0v) is 26.3. The number of aliphatic imine (C=N–C) groups is 1. The van der Waals surface area contributed by atoms with Crippen molar-refractivity contribution in [2.75, 3.05) is 44.2 Å². The Morgan fingerprint density at radius 2 is 1.77 bits per heavy atom. The molecule has 230 valence electrons. The van der Waals surface area contributed by atoms with E-state index in [0.29, 0.717) is 78.8 Å². The second-order valence-electron chi connectivity index (χ2n) is 10.1. The molecule has 1 aromatic heterocycles. The van der Waals surface area contributed by atoms with Gasteiger partial charge in [0.25, 0.3) is 0 Å². The normalized spacial score (nSPS) is 13.7. The molecule has 0 radical (unpaired) electrons. The second kappa shape index (κ2) is 14.7. The first-order valence-electron chi connectivity index (χ1n) is 14.2. The van der Waals surface area contributed by atoms with Crippen LogP contribution in [-0.2, 0) is 13.0 Å². The number of hydrogen-bond acceptors (Lipinski definition) is 7. The molecule has 1 fully saturated rings. The highest BCUT2D eigenvalue weighted by molar-refractivity contribution is 6.35. The Kier molecular flexibility index (Phi) is 10.5. The van der Waals surface area contributed by atoms with Gasteiger partial charge in [-0.05, 0) is 49.2 Å². The molecule has 5 rings (SSSR count). The third kappa shape index (κ3) is 7.93. The Labute approximate surface area is 270 Å². The van der Waals surface area contributed by atoms with Crippen molar-refractivity contribution in [1.82, 2.24) is 15.4 Å². The monoisotopic (exact) mass is 656 g/mol. The molecule has 0 saturated carbocycles. The average Bonchev–Trinajstić information content (AvgIpc) is 3.49. The van der Waals surface area contributed by atoms with Crippen LogP contribution in [0.2, 0.25) is 15.1 Å². The standard InChI is InChI=1S/C31H31Cl3N6O4/c1-2-43-30-18-25(9-10-29(30)40(41)42)38-13-15-39(16-14-38)31(35-12-11-21-3-8-24(33)17-27(21)34)36-20-26-19-28(37-44-26)22-4-6-23(32)7-5-22/h3-10,17-19H,2,11-16,20H2,1H3,(H,35,36). The minimum absolute atomic E-state index is 0.0414. The summed E-state index contributed by atoms with van der Waals surface area (Å²) in [6.07, 6.45) is 0.682. The van der Waals surface area contributed by atoms with Crippen LogP contribution in [0.25, 0.3) is 11.3 Å². The average molecular weight is 658 g/mol. The Morgan fingerprint density at radius 3 is 2.48 bits per heavy atom. The van der Waals surface area contributed by atoms with Crippen molar-refractivity contribution < 1.29 is 14.2 Å². The highest BCUT2D eigenvalue weighted by Crippen LogP contribution is 2.32. The molecule has 0 atom stereocenters. The third-order valence-corrected chi connectivity index (χ3v) is 8.00. The number of hydrogen-bond donors (Lipinski definition) is 1. The fourth-order valence-electron chi connectivity index (χ4n) is 4.90. The maximum absolute atomic E-state index is 11.4. The predicted molar refractivity (Wildman–Crippen MR) is 174 cm³/mol. The summed E-state index contributed by atoms with van der Waals surface area (Å²) in [6.45, 7) is 5.80. The highest BCUT2D eigenvalue weighted by atomic mass is 35.5. The summed E-state index contributed by atoms with van der Waals surface area (Å²) >= 11 is 18.5. The number of piperazine rings is 1. The van der Waals surface area contributed by atoms with Crippen molar-refractivity contribution in [3.8, 4) is 17.0 Å². The molecule has 2 heterocycles. The highest BCUT2D eigenvalue weighted by Gasteiger charge is 2.23. The minimum Gasteiger partial charge on any atom is -0.487 e. The number of benzene rings is 3. The third-order valence-electron chi connectivity index (χ3n) is 7.16. The van der Waals surface area contributed by atoms with Crippen LogP contribution in [0.5, 0.6) is 5.75 Å². The lowest BCUT2D eigenvalue weighted by Gasteiger charge is -2.37. The molecule has 0 unspecified atom stereocenters. The quantitative estimate of drug-likeness (QED) is 0.0831. The fourth-order valence-corrected chi connectivity index (χ4v) is 5.52. The topological polar surface area (TPSA) is 109 Å². The SMILES string of the molecule is CCOc1cc(N2CCN(C(=NCc3cc(-c4ccc(Cl)cc4)no3)NCCc3ccc(Cl)cc3Cl)CC2)ccc1[N+](=O)[O-]. The Morgan fingerprint density at radius 1 is 1.02 bits per heavy atom. The first kappa shape index (κ1) is 31.4. The van der Waals surface area contributed by atoms with Gasteiger partial charge < -0.3 is 24.4 Å². The number of guanidine groups is 1. The van der Waals surface area contributed by atoms with Crippen molar-refractivity contribution in [3.63, 3.8) is 0 Å². The molecule has 4 aromatic rings. The summed E-state index contributed by atoms with van der Waals surface area (Å²) in [5.41, 5.74) is 3.43. The molecular weight excluding hydrogens is 627 g/mol. The number of aromatic nitrogens is 1. The molecule has 1 saturated heterocycles. The number of anilines is 1. The van der Waals surface area contributed by atoms with E-state index in [1.807, 2.05) is 42.5 Å². The molecule has 0 amide bonds. The summed E-state index contributed by atoms with van der Waals surface area (Å²) in [7, 11) is 0. The van der Waals surface area contributed by atoms with E-state index in [-0.39, 0.29) is 11.4 Å². The molecule has 13 heteroatoms. The van der Waals surface area contributed by atoms with E-state index in [1.54, 1.807) is 25.1 Å². The second-order valence-corrected chi connectivity index (χ2v) is 11.3. The molecule has 1 aliphatic heterocycles. The van der Waals surface area contributed by atoms with Gasteiger partial charge in [0, 0.05) is 77.2 Å². The number of halogens is 3. The number of nitrogens with zero attached hydrogens (tertiary/aromatic N) is 5. The van der Waals surface area contributed by atoms with Crippen molar-refractivity contribution in [2.45, 2.75) is 19.9 Å². The Bertz CT molecular complexity index is 1620. The van der Waals surface area contributed by atoms with E-state index in [2.05, 4.69) is 20.3 Å². The van der Waals surface area contributed by atoms with Crippen LogP contribution in [0.15, 0.2) is 76.2 Å². The van der Waals surface area contributed by atoms with Gasteiger partial charge in [0.1, 0.15) is 12.2 Å². The van der Waals surface area contributed by atoms with Gasteiger partial charge in [0.2, 0.25) is 0 Å². The number of nitro benzene ring substituents is 1. The molecule has 0 bridgehead atoms. The van der Waals surface area contributed by atoms with E-state index in [1.165, 1.54) is 6.07 Å². The summed E-state index contributed by atoms with van der Waals surface area (Å²) < 4.78 is 11.1. The van der Waals surface area contributed by atoms with Gasteiger partial charge in [-0.1, -0.05) is 58.2 Å². The summed E-state index contributed by atoms with van der Waals surface area (Å²) in [6, 6.07) is 19.8. The van der Waals surface area contributed by atoms with E-state index in [9.17, 15) is 10.1 Å². The number of ether oxygens (including phenoxy) is 1. The molecule has 10 nitrogen and oxygen atoms in total. The minimum atomic E-state index is -0.425. The lowest BCUT2D eigenvalue weighted by Crippen LogP contribution is -2.52. The van der Waals surface area contributed by atoms with Gasteiger partial charge in [0.05, 0.1) is 11.5 Å². The van der Waals surface area contributed by atoms with Crippen LogP contribution in [-0.4, -0.2) is 60.3 Å². The van der Waals surface area contributed by atoms with Crippen molar-refractivity contribution in [1.29, 1.82) is 0 Å². The smallest absolute Gasteiger partial charge is 0.311 e. The molecular formula is C31H31Cl3N6O4. The Balaban J connectivity index is 1.29. The van der Waals surface area contributed by atoms with Gasteiger partial charge in [-0.2, -0.15) is 0 Å². The zero-order valence-electron chi connectivity index (χ0n) is 24.0. The molecule has 0 spiro atoms.